The molecule has 146 valence electrons. The monoisotopic (exact) mass is 452 g/mol. The summed E-state index contributed by atoms with van der Waals surface area (Å²) in [6.45, 7) is -1.47. The van der Waals surface area contributed by atoms with Gasteiger partial charge in [0, 0.05) is 35.1 Å². The first-order valence-electron chi connectivity index (χ1n) is 8.66. The van der Waals surface area contributed by atoms with Crippen LogP contribution in [0, 0.1) is 0 Å². The van der Waals surface area contributed by atoms with Crippen LogP contribution in [-0.4, -0.2) is 36.5 Å². The van der Waals surface area contributed by atoms with Crippen LogP contribution in [0.3, 0.4) is 0 Å². The fourth-order valence-electron chi connectivity index (χ4n) is 4.44. The molecule has 0 aliphatic carbocycles. The Morgan fingerprint density at radius 2 is 1.82 bits per heavy atom. The van der Waals surface area contributed by atoms with Crippen LogP contribution in [0.25, 0.3) is 0 Å². The number of fused-ring (bicyclic) bond motifs is 2. The number of rotatable bonds is 2. The van der Waals surface area contributed by atoms with Gasteiger partial charge in [0.2, 0.25) is 5.91 Å². The lowest BCUT2D eigenvalue weighted by Crippen LogP contribution is -2.55. The number of alkyl halides is 3. The molecule has 2 atom stereocenters. The van der Waals surface area contributed by atoms with E-state index in [9.17, 15) is 22.8 Å². The highest BCUT2D eigenvalue weighted by Gasteiger charge is 2.65. The van der Waals surface area contributed by atoms with E-state index >= 15 is 0 Å². The molecule has 2 aromatic carbocycles. The van der Waals surface area contributed by atoms with Crippen molar-refractivity contribution in [1.29, 1.82) is 0 Å². The summed E-state index contributed by atoms with van der Waals surface area (Å²) < 4.78 is 40.8. The summed E-state index contributed by atoms with van der Waals surface area (Å²) >= 11 is 3.35. The molecule has 2 aromatic rings. The smallest absolute Gasteiger partial charge is 0.314 e. The van der Waals surface area contributed by atoms with E-state index < -0.39 is 36.0 Å². The Balaban J connectivity index is 2.01. The summed E-state index contributed by atoms with van der Waals surface area (Å²) in [4.78, 5) is 28.3. The molecule has 2 aliphatic rings. The van der Waals surface area contributed by atoms with Crippen LogP contribution in [0.5, 0.6) is 0 Å². The number of likely N-dealkylation sites (tertiary alicyclic amines) is 1. The highest BCUT2D eigenvalue weighted by molar-refractivity contribution is 9.10. The zero-order chi connectivity index (χ0) is 20.3. The minimum absolute atomic E-state index is 0.161. The maximum absolute atomic E-state index is 13.5. The Hall–Kier alpha value is -2.35. The normalized spacial score (nSPS) is 24.4. The Morgan fingerprint density at radius 3 is 2.46 bits per heavy atom. The van der Waals surface area contributed by atoms with Crippen molar-refractivity contribution in [2.24, 2.45) is 0 Å². The average molecular weight is 453 g/mol. The fourth-order valence-corrected chi connectivity index (χ4v) is 4.80. The maximum atomic E-state index is 13.5. The van der Waals surface area contributed by atoms with Gasteiger partial charge in [0.1, 0.15) is 6.54 Å². The van der Waals surface area contributed by atoms with Crippen molar-refractivity contribution in [3.05, 3.63) is 64.1 Å². The van der Waals surface area contributed by atoms with Crippen molar-refractivity contribution in [2.45, 2.75) is 24.1 Å². The van der Waals surface area contributed by atoms with Gasteiger partial charge in [0.05, 0.1) is 0 Å². The highest BCUT2D eigenvalue weighted by Crippen LogP contribution is 2.57. The Kier molecular flexibility index (Phi) is 4.30. The molecule has 4 rings (SSSR count). The standard InChI is InChI=1S/C20H16BrF3N2O2/c1-25-16-8-7-13(21)9-15(16)20(18(25)28)14(12-5-3-2-4-6-12)10-17(27)26(20)11-19(22,23)24/h2-9,14H,10-11H2,1H3/t14-,20+/m1/s1. The second kappa shape index (κ2) is 6.34. The van der Waals surface area contributed by atoms with E-state index in [4.69, 9.17) is 0 Å². The third-order valence-electron chi connectivity index (χ3n) is 5.51. The third-order valence-corrected chi connectivity index (χ3v) is 6.00. The SMILES string of the molecule is CN1C(=O)[C@@]2(c3cc(Br)ccc31)[C@@H](c1ccccc1)CC(=O)N2CC(F)(F)F. The van der Waals surface area contributed by atoms with Crippen molar-refractivity contribution < 1.29 is 22.8 Å². The van der Waals surface area contributed by atoms with Gasteiger partial charge in [-0.3, -0.25) is 9.59 Å². The Bertz CT molecular complexity index is 964. The summed E-state index contributed by atoms with van der Waals surface area (Å²) in [5.41, 5.74) is -0.133. The van der Waals surface area contributed by atoms with Crippen LogP contribution >= 0.6 is 15.9 Å². The number of anilines is 1. The molecule has 0 bridgehead atoms. The molecule has 0 N–H and O–H groups in total. The van der Waals surface area contributed by atoms with E-state index in [0.29, 0.717) is 21.3 Å². The van der Waals surface area contributed by atoms with Gasteiger partial charge in [0.25, 0.3) is 5.91 Å². The minimum Gasteiger partial charge on any atom is -0.314 e. The van der Waals surface area contributed by atoms with Crippen LogP contribution in [-0.2, 0) is 15.1 Å². The molecule has 0 aromatic heterocycles. The molecule has 1 spiro atoms. The van der Waals surface area contributed by atoms with Crippen molar-refractivity contribution >= 4 is 33.4 Å². The van der Waals surface area contributed by atoms with Crippen molar-refractivity contribution in [1.82, 2.24) is 4.90 Å². The Morgan fingerprint density at radius 1 is 1.14 bits per heavy atom. The van der Waals surface area contributed by atoms with Gasteiger partial charge in [-0.15, -0.1) is 0 Å². The number of hydrogen-bond acceptors (Lipinski definition) is 2. The van der Waals surface area contributed by atoms with E-state index in [0.717, 1.165) is 4.90 Å². The van der Waals surface area contributed by atoms with Gasteiger partial charge in [-0.2, -0.15) is 13.2 Å². The number of carbonyl (C=O) groups excluding carboxylic acids is 2. The lowest BCUT2D eigenvalue weighted by Gasteiger charge is -2.38. The number of hydrogen-bond donors (Lipinski definition) is 0. The molecule has 1 saturated heterocycles. The molecule has 8 heteroatoms. The maximum Gasteiger partial charge on any atom is 0.406 e. The molecule has 2 aliphatic heterocycles. The van der Waals surface area contributed by atoms with E-state index in [1.807, 2.05) is 0 Å². The van der Waals surface area contributed by atoms with E-state index in [1.54, 1.807) is 48.5 Å². The van der Waals surface area contributed by atoms with Gasteiger partial charge in [-0.1, -0.05) is 46.3 Å². The van der Waals surface area contributed by atoms with Crippen LogP contribution in [0.2, 0.25) is 0 Å². The van der Waals surface area contributed by atoms with Gasteiger partial charge in [-0.05, 0) is 23.8 Å². The number of carbonyl (C=O) groups is 2. The Labute approximate surface area is 168 Å². The van der Waals surface area contributed by atoms with Crippen molar-refractivity contribution in [3.63, 3.8) is 0 Å². The molecule has 28 heavy (non-hydrogen) atoms. The van der Waals surface area contributed by atoms with E-state index in [-0.39, 0.29) is 6.42 Å². The average Bonchev–Trinajstić information content (AvgIpc) is 3.03. The summed E-state index contributed by atoms with van der Waals surface area (Å²) in [7, 11) is 1.53. The molecular weight excluding hydrogens is 437 g/mol. The van der Waals surface area contributed by atoms with Crippen molar-refractivity contribution in [2.75, 3.05) is 18.5 Å². The van der Waals surface area contributed by atoms with Gasteiger partial charge in [-0.25, -0.2) is 0 Å². The topological polar surface area (TPSA) is 40.6 Å². The first-order chi connectivity index (χ1) is 13.2. The van der Waals surface area contributed by atoms with Crippen LogP contribution < -0.4 is 4.90 Å². The van der Waals surface area contributed by atoms with Crippen LogP contribution in [0.4, 0.5) is 18.9 Å². The number of halogens is 4. The predicted octanol–water partition coefficient (Wildman–Crippen LogP) is 4.20. The third kappa shape index (κ3) is 2.65. The zero-order valence-electron chi connectivity index (χ0n) is 14.8. The number of benzene rings is 2. The summed E-state index contributed by atoms with van der Waals surface area (Å²) in [6.07, 6.45) is -4.78. The lowest BCUT2D eigenvalue weighted by molar-refractivity contribution is -0.170. The molecular formula is C20H16BrF3N2O2. The minimum atomic E-state index is -4.62. The van der Waals surface area contributed by atoms with Gasteiger partial charge in [0.15, 0.2) is 5.54 Å². The number of nitrogens with zero attached hydrogens (tertiary/aromatic N) is 2. The van der Waals surface area contributed by atoms with Crippen molar-refractivity contribution in [3.8, 4) is 0 Å². The molecule has 0 unspecified atom stereocenters. The lowest BCUT2D eigenvalue weighted by atomic mass is 9.75. The molecule has 2 amide bonds. The summed E-state index contributed by atoms with van der Waals surface area (Å²) in [5.74, 6) is -1.92. The predicted molar refractivity (Wildman–Crippen MR) is 101 cm³/mol. The molecule has 4 nitrogen and oxygen atoms in total. The number of amides is 2. The molecule has 1 fully saturated rings. The second-order valence-electron chi connectivity index (χ2n) is 7.05. The second-order valence-corrected chi connectivity index (χ2v) is 7.97. The highest BCUT2D eigenvalue weighted by atomic mass is 79.9. The molecule has 2 heterocycles. The first-order valence-corrected chi connectivity index (χ1v) is 9.46. The van der Waals surface area contributed by atoms with Gasteiger partial charge >= 0.3 is 6.18 Å². The fraction of sp³-hybridized carbons (Fsp3) is 0.300. The zero-order valence-corrected chi connectivity index (χ0v) is 16.4. The van der Waals surface area contributed by atoms with Crippen LogP contribution in [0.1, 0.15) is 23.5 Å². The van der Waals surface area contributed by atoms with Gasteiger partial charge < -0.3 is 9.80 Å². The van der Waals surface area contributed by atoms with Crippen LogP contribution in [0.15, 0.2) is 53.0 Å². The quantitative estimate of drug-likeness (QED) is 0.684. The summed E-state index contributed by atoms with van der Waals surface area (Å²) in [5, 5.41) is 0. The number of likely N-dealkylation sites (N-methyl/N-ethyl adjacent to an activating group) is 1. The summed E-state index contributed by atoms with van der Waals surface area (Å²) in [6, 6.07) is 13.9. The molecule has 0 saturated carbocycles. The van der Waals surface area contributed by atoms with E-state index in [1.165, 1.54) is 11.9 Å². The first kappa shape index (κ1) is 19.0. The largest absolute Gasteiger partial charge is 0.406 e. The molecule has 0 radical (unpaired) electrons. The van der Waals surface area contributed by atoms with E-state index in [2.05, 4.69) is 15.9 Å².